The number of carbonyl (C=O) groups excluding carboxylic acids is 1. The van der Waals surface area contributed by atoms with E-state index < -0.39 is 0 Å². The van der Waals surface area contributed by atoms with Gasteiger partial charge in [-0.15, -0.1) is 11.3 Å². The predicted octanol–water partition coefficient (Wildman–Crippen LogP) is 4.70. The number of aryl methyl sites for hydroxylation is 1. The van der Waals surface area contributed by atoms with Crippen LogP contribution in [0.2, 0.25) is 0 Å². The number of nitrogens with one attached hydrogen (secondary N) is 1. The molecule has 4 rings (SSSR count). The van der Waals surface area contributed by atoms with Gasteiger partial charge in [-0.25, -0.2) is 4.98 Å². The van der Waals surface area contributed by atoms with Crippen molar-refractivity contribution in [2.45, 2.75) is 13.5 Å². The Morgan fingerprint density at radius 1 is 1.07 bits per heavy atom. The third kappa shape index (κ3) is 3.96. The van der Waals surface area contributed by atoms with Crippen LogP contribution in [0.15, 0.2) is 70.6 Å². The molecule has 0 radical (unpaired) electrons. The fraction of sp³-hybridized carbons (Fsp3) is 0.0952. The number of hydrogen-bond donors (Lipinski definition) is 1. The second kappa shape index (κ2) is 7.55. The molecule has 1 N–H and O–H groups in total. The van der Waals surface area contributed by atoms with E-state index in [1.165, 1.54) is 0 Å². The van der Waals surface area contributed by atoms with Gasteiger partial charge in [0.2, 0.25) is 0 Å². The Balaban J connectivity index is 1.39. The van der Waals surface area contributed by atoms with Crippen molar-refractivity contribution in [1.82, 2.24) is 15.5 Å². The molecule has 5 nitrogen and oxygen atoms in total. The van der Waals surface area contributed by atoms with E-state index in [1.807, 2.05) is 66.9 Å². The number of hydrogen-bond acceptors (Lipinski definition) is 5. The largest absolute Gasteiger partial charge is 0.355 e. The van der Waals surface area contributed by atoms with Gasteiger partial charge in [-0.05, 0) is 12.5 Å². The van der Waals surface area contributed by atoms with Gasteiger partial charge in [0.25, 0.3) is 5.91 Å². The van der Waals surface area contributed by atoms with Crippen LogP contribution in [0.4, 0.5) is 0 Å². The van der Waals surface area contributed by atoms with E-state index in [2.05, 4.69) is 15.5 Å². The molecule has 27 heavy (non-hydrogen) atoms. The minimum atomic E-state index is -0.264. The van der Waals surface area contributed by atoms with E-state index in [0.29, 0.717) is 12.3 Å². The molecule has 0 spiro atoms. The first-order valence-corrected chi connectivity index (χ1v) is 9.39. The highest BCUT2D eigenvalue weighted by atomic mass is 32.1. The third-order valence-corrected chi connectivity index (χ3v) is 4.90. The van der Waals surface area contributed by atoms with E-state index in [0.717, 1.165) is 27.4 Å². The van der Waals surface area contributed by atoms with Crippen LogP contribution in [0.25, 0.3) is 22.6 Å². The Kier molecular flexibility index (Phi) is 4.80. The molecule has 0 saturated carbocycles. The normalized spacial score (nSPS) is 10.7. The Morgan fingerprint density at radius 3 is 2.56 bits per heavy atom. The first-order chi connectivity index (χ1) is 13.2. The summed E-state index contributed by atoms with van der Waals surface area (Å²) < 4.78 is 5.27. The number of aromatic nitrogens is 2. The summed E-state index contributed by atoms with van der Waals surface area (Å²) in [4.78, 5) is 16.8. The summed E-state index contributed by atoms with van der Waals surface area (Å²) in [5, 5.41) is 9.82. The minimum Gasteiger partial charge on any atom is -0.355 e. The molecular formula is C21H17N3O2S. The molecule has 0 saturated heterocycles. The Hall–Kier alpha value is -3.25. The summed E-state index contributed by atoms with van der Waals surface area (Å²) in [5.41, 5.74) is 4.20. The first kappa shape index (κ1) is 17.2. The molecule has 6 heteroatoms. The molecule has 2 aromatic carbocycles. The number of rotatable bonds is 5. The fourth-order valence-corrected chi connectivity index (χ4v) is 3.30. The van der Waals surface area contributed by atoms with E-state index in [-0.39, 0.29) is 11.6 Å². The molecule has 2 heterocycles. The highest BCUT2D eigenvalue weighted by Crippen LogP contribution is 2.22. The van der Waals surface area contributed by atoms with Crippen LogP contribution >= 0.6 is 11.3 Å². The average molecular weight is 375 g/mol. The first-order valence-electron chi connectivity index (χ1n) is 8.51. The molecule has 134 valence electrons. The van der Waals surface area contributed by atoms with E-state index in [9.17, 15) is 4.79 Å². The van der Waals surface area contributed by atoms with Crippen molar-refractivity contribution in [3.8, 4) is 22.6 Å². The lowest BCUT2D eigenvalue weighted by Crippen LogP contribution is -2.22. The minimum absolute atomic E-state index is 0.264. The smallest absolute Gasteiger partial charge is 0.273 e. The van der Waals surface area contributed by atoms with Gasteiger partial charge in [-0.2, -0.15) is 0 Å². The molecule has 2 aromatic heterocycles. The summed E-state index contributed by atoms with van der Waals surface area (Å²) in [6.07, 6.45) is 0. The molecule has 0 aliphatic heterocycles. The van der Waals surface area contributed by atoms with Crippen molar-refractivity contribution >= 4 is 17.2 Å². The zero-order valence-corrected chi connectivity index (χ0v) is 15.5. The monoisotopic (exact) mass is 375 g/mol. The third-order valence-electron chi connectivity index (χ3n) is 4.12. The Bertz CT molecular complexity index is 1050. The molecule has 0 bridgehead atoms. The number of nitrogens with zero attached hydrogens (tertiary/aromatic N) is 2. The van der Waals surface area contributed by atoms with Crippen LogP contribution in [-0.2, 0) is 6.54 Å². The Labute approximate surface area is 160 Å². The maximum atomic E-state index is 12.3. The van der Waals surface area contributed by atoms with Gasteiger partial charge in [0, 0.05) is 29.1 Å². The summed E-state index contributed by atoms with van der Waals surface area (Å²) in [5.74, 6) is 0.309. The molecule has 1 amide bonds. The lowest BCUT2D eigenvalue weighted by Gasteiger charge is -2.04. The molecule has 0 aliphatic carbocycles. The van der Waals surface area contributed by atoms with E-state index >= 15 is 0 Å². The van der Waals surface area contributed by atoms with Crippen molar-refractivity contribution in [2.24, 2.45) is 0 Å². The van der Waals surface area contributed by atoms with Crippen LogP contribution in [-0.4, -0.2) is 16.0 Å². The molecule has 0 unspecified atom stereocenters. The number of thiazole rings is 1. The van der Waals surface area contributed by atoms with Crippen LogP contribution in [0.3, 0.4) is 0 Å². The van der Waals surface area contributed by atoms with Gasteiger partial charge >= 0.3 is 0 Å². The lowest BCUT2D eigenvalue weighted by atomic mass is 10.1. The van der Waals surface area contributed by atoms with Crippen LogP contribution in [0, 0.1) is 6.92 Å². The summed E-state index contributed by atoms with van der Waals surface area (Å²) in [7, 11) is 0. The van der Waals surface area contributed by atoms with Crippen molar-refractivity contribution in [1.29, 1.82) is 0 Å². The van der Waals surface area contributed by atoms with Crippen molar-refractivity contribution < 1.29 is 9.32 Å². The van der Waals surface area contributed by atoms with Crippen molar-refractivity contribution in [2.75, 3.05) is 0 Å². The number of carbonyl (C=O) groups is 1. The topological polar surface area (TPSA) is 68.0 Å². The van der Waals surface area contributed by atoms with Crippen LogP contribution in [0.1, 0.15) is 21.1 Å². The standard InChI is InChI=1S/C21H17N3O2S/c1-14-23-19(13-27-14)16-9-7-15(8-10-16)12-22-21(25)18-11-20(26-24-18)17-5-3-2-4-6-17/h2-11,13H,12H2,1H3,(H,22,25). The van der Waals surface area contributed by atoms with Gasteiger partial charge in [-0.3, -0.25) is 4.79 Å². The molecule has 0 atom stereocenters. The van der Waals surface area contributed by atoms with E-state index in [1.54, 1.807) is 17.4 Å². The van der Waals surface area contributed by atoms with Gasteiger partial charge in [-0.1, -0.05) is 59.8 Å². The number of amides is 1. The lowest BCUT2D eigenvalue weighted by molar-refractivity contribution is 0.0942. The number of benzene rings is 2. The van der Waals surface area contributed by atoms with Crippen LogP contribution < -0.4 is 5.32 Å². The van der Waals surface area contributed by atoms with Gasteiger partial charge in [0.1, 0.15) is 0 Å². The molecule has 0 fully saturated rings. The van der Waals surface area contributed by atoms with Crippen molar-refractivity contribution in [3.05, 3.63) is 82.3 Å². The summed E-state index contributed by atoms with van der Waals surface area (Å²) in [6.45, 7) is 2.41. The van der Waals surface area contributed by atoms with Crippen molar-refractivity contribution in [3.63, 3.8) is 0 Å². The maximum Gasteiger partial charge on any atom is 0.273 e. The van der Waals surface area contributed by atoms with Crippen LogP contribution in [0.5, 0.6) is 0 Å². The maximum absolute atomic E-state index is 12.3. The fourth-order valence-electron chi connectivity index (χ4n) is 2.68. The van der Waals surface area contributed by atoms with Gasteiger partial charge < -0.3 is 9.84 Å². The van der Waals surface area contributed by atoms with Gasteiger partial charge in [0.15, 0.2) is 11.5 Å². The second-order valence-corrected chi connectivity index (χ2v) is 7.14. The average Bonchev–Trinajstić information content (AvgIpc) is 3.37. The van der Waals surface area contributed by atoms with Gasteiger partial charge in [0.05, 0.1) is 10.7 Å². The predicted molar refractivity (Wildman–Crippen MR) is 105 cm³/mol. The second-order valence-electron chi connectivity index (χ2n) is 6.07. The highest BCUT2D eigenvalue weighted by Gasteiger charge is 2.13. The Morgan fingerprint density at radius 2 is 1.85 bits per heavy atom. The summed E-state index contributed by atoms with van der Waals surface area (Å²) >= 11 is 1.63. The molecule has 0 aliphatic rings. The zero-order valence-electron chi connectivity index (χ0n) is 14.7. The summed E-state index contributed by atoms with van der Waals surface area (Å²) in [6, 6.07) is 19.2. The van der Waals surface area contributed by atoms with E-state index in [4.69, 9.17) is 4.52 Å². The molecule has 4 aromatic rings. The highest BCUT2D eigenvalue weighted by molar-refractivity contribution is 7.09. The quantitative estimate of drug-likeness (QED) is 0.549. The zero-order chi connectivity index (χ0) is 18.6. The SMILES string of the molecule is Cc1nc(-c2ccc(CNC(=O)c3cc(-c4ccccc4)on3)cc2)cs1. The molecular weight excluding hydrogens is 358 g/mol.